The summed E-state index contributed by atoms with van der Waals surface area (Å²) >= 11 is 0. The topological polar surface area (TPSA) is 18.5 Å². The molecule has 0 heterocycles. The number of benzene rings is 1. The lowest BCUT2D eigenvalue weighted by Crippen LogP contribution is -2.56. The number of hydrogen-bond acceptors (Lipinski definition) is 2. The maximum Gasteiger partial charge on any atom is 0.359 e. The third kappa shape index (κ3) is 3.86. The van der Waals surface area contributed by atoms with Crippen LogP contribution >= 0.6 is 0 Å². The van der Waals surface area contributed by atoms with Crippen molar-refractivity contribution < 1.29 is 8.54 Å². The van der Waals surface area contributed by atoms with Crippen LogP contribution in [0.1, 0.15) is 6.92 Å². The second-order valence-electron chi connectivity index (χ2n) is 4.96. The Morgan fingerprint density at radius 3 is 2.00 bits per heavy atom. The van der Waals surface area contributed by atoms with E-state index in [1.807, 2.05) is 25.1 Å². The van der Waals surface area contributed by atoms with E-state index >= 15 is 0 Å². The van der Waals surface area contributed by atoms with Crippen molar-refractivity contribution in [2.75, 3.05) is 6.61 Å². The Labute approximate surface area is 101 Å². The first kappa shape index (κ1) is 13.6. The van der Waals surface area contributed by atoms with Gasteiger partial charge in [-0.2, -0.15) is 0 Å². The lowest BCUT2D eigenvalue weighted by atomic mass is 10.4. The molecule has 0 saturated carbocycles. The fraction of sp³-hybridized carbons (Fsp3) is 0.500. The van der Waals surface area contributed by atoms with E-state index in [0.717, 1.165) is 0 Å². The van der Waals surface area contributed by atoms with Crippen LogP contribution in [0.2, 0.25) is 26.2 Å². The van der Waals surface area contributed by atoms with E-state index in [0.29, 0.717) is 6.61 Å². The largest absolute Gasteiger partial charge is 0.433 e. The Kier molecular flexibility index (Phi) is 4.49. The molecule has 0 saturated heterocycles. The van der Waals surface area contributed by atoms with Gasteiger partial charge in [-0.15, -0.1) is 0 Å². The normalized spacial score (nSPS) is 15.8. The Morgan fingerprint density at radius 2 is 1.56 bits per heavy atom. The third-order valence-corrected chi connectivity index (χ3v) is 8.45. The van der Waals surface area contributed by atoms with Crippen LogP contribution in [0.5, 0.6) is 0 Å². The van der Waals surface area contributed by atoms with Gasteiger partial charge in [0.1, 0.15) is 0 Å². The molecule has 0 aliphatic rings. The Morgan fingerprint density at radius 1 is 1.00 bits per heavy atom. The number of hydrogen-bond donors (Lipinski definition) is 0. The van der Waals surface area contributed by atoms with Gasteiger partial charge in [0.2, 0.25) is 0 Å². The molecule has 0 N–H and O–H groups in total. The molecule has 0 radical (unpaired) electrons. The SMILES string of the molecule is CCO[Si](C)(O[Si](C)(C)C)c1ccccc1. The maximum atomic E-state index is 6.31. The van der Waals surface area contributed by atoms with E-state index < -0.39 is 16.9 Å². The number of rotatable bonds is 5. The van der Waals surface area contributed by atoms with Crippen LogP contribution in [0.4, 0.5) is 0 Å². The molecule has 1 aromatic rings. The fourth-order valence-electron chi connectivity index (χ4n) is 1.77. The van der Waals surface area contributed by atoms with E-state index in [1.165, 1.54) is 5.19 Å². The summed E-state index contributed by atoms with van der Waals surface area (Å²) in [6, 6.07) is 10.4. The first-order valence-electron chi connectivity index (χ1n) is 5.77. The zero-order chi connectivity index (χ0) is 12.2. The van der Waals surface area contributed by atoms with Gasteiger partial charge in [0, 0.05) is 6.61 Å². The van der Waals surface area contributed by atoms with Crippen molar-refractivity contribution in [2.24, 2.45) is 0 Å². The minimum absolute atomic E-state index is 0.710. The van der Waals surface area contributed by atoms with Crippen LogP contribution in [0, 0.1) is 0 Å². The molecule has 0 bridgehead atoms. The lowest BCUT2D eigenvalue weighted by molar-refractivity contribution is 0.268. The molecular weight excluding hydrogens is 232 g/mol. The average molecular weight is 254 g/mol. The molecule has 0 aliphatic heterocycles. The smallest absolute Gasteiger partial charge is 0.359 e. The molecular formula is C12H22O2Si2. The van der Waals surface area contributed by atoms with Gasteiger partial charge >= 0.3 is 8.56 Å². The molecule has 4 heteroatoms. The minimum atomic E-state index is -2.20. The van der Waals surface area contributed by atoms with Crippen LogP contribution < -0.4 is 5.19 Å². The van der Waals surface area contributed by atoms with Gasteiger partial charge in [0.15, 0.2) is 8.32 Å². The second kappa shape index (κ2) is 5.27. The van der Waals surface area contributed by atoms with Gasteiger partial charge in [-0.25, -0.2) is 0 Å². The monoisotopic (exact) mass is 254 g/mol. The van der Waals surface area contributed by atoms with E-state index in [2.05, 4.69) is 38.3 Å². The molecule has 1 atom stereocenters. The van der Waals surface area contributed by atoms with Crippen molar-refractivity contribution in [1.29, 1.82) is 0 Å². The molecule has 1 unspecified atom stereocenters. The lowest BCUT2D eigenvalue weighted by Gasteiger charge is -2.33. The summed E-state index contributed by atoms with van der Waals surface area (Å²) in [5.74, 6) is 0. The molecule has 0 aromatic heterocycles. The van der Waals surface area contributed by atoms with Crippen LogP contribution in [0.3, 0.4) is 0 Å². The van der Waals surface area contributed by atoms with Gasteiger partial charge in [0.05, 0.1) is 0 Å². The van der Waals surface area contributed by atoms with Crippen molar-refractivity contribution in [2.45, 2.75) is 33.1 Å². The van der Waals surface area contributed by atoms with E-state index in [1.54, 1.807) is 0 Å². The predicted octanol–water partition coefficient (Wildman–Crippen LogP) is 2.85. The van der Waals surface area contributed by atoms with Gasteiger partial charge in [0.25, 0.3) is 0 Å². The highest BCUT2D eigenvalue weighted by atomic mass is 28.4. The van der Waals surface area contributed by atoms with Crippen molar-refractivity contribution in [3.63, 3.8) is 0 Å². The Balaban J connectivity index is 2.97. The van der Waals surface area contributed by atoms with Crippen LogP contribution in [0.25, 0.3) is 0 Å². The zero-order valence-corrected chi connectivity index (χ0v) is 12.9. The van der Waals surface area contributed by atoms with E-state index in [4.69, 9.17) is 8.54 Å². The van der Waals surface area contributed by atoms with Gasteiger partial charge in [-0.3, -0.25) is 0 Å². The highest BCUT2D eigenvalue weighted by Crippen LogP contribution is 2.15. The van der Waals surface area contributed by atoms with Crippen molar-refractivity contribution in [1.82, 2.24) is 0 Å². The summed E-state index contributed by atoms with van der Waals surface area (Å²) in [5, 5.41) is 1.22. The second-order valence-corrected chi connectivity index (χ2v) is 12.8. The van der Waals surface area contributed by atoms with Crippen molar-refractivity contribution in [3.05, 3.63) is 30.3 Å². The standard InChI is InChI=1S/C12H22O2Si2/c1-6-13-16(5,14-15(2,3)4)12-10-8-7-9-11-12/h7-11H,6H2,1-5H3. The maximum absolute atomic E-state index is 6.31. The predicted molar refractivity (Wildman–Crippen MR) is 73.8 cm³/mol. The molecule has 1 aromatic carbocycles. The van der Waals surface area contributed by atoms with Gasteiger partial charge < -0.3 is 8.54 Å². The molecule has 0 amide bonds. The van der Waals surface area contributed by atoms with E-state index in [-0.39, 0.29) is 0 Å². The summed E-state index contributed by atoms with van der Waals surface area (Å²) in [6.07, 6.45) is 0. The molecule has 90 valence electrons. The average Bonchev–Trinajstić information content (AvgIpc) is 2.16. The van der Waals surface area contributed by atoms with Crippen LogP contribution in [-0.4, -0.2) is 23.5 Å². The quantitative estimate of drug-likeness (QED) is 0.752. The minimum Gasteiger partial charge on any atom is -0.433 e. The first-order chi connectivity index (χ1) is 7.37. The fourth-order valence-corrected chi connectivity index (χ4v) is 8.67. The van der Waals surface area contributed by atoms with Gasteiger partial charge in [-0.1, -0.05) is 30.3 Å². The first-order valence-corrected chi connectivity index (χ1v) is 11.5. The summed E-state index contributed by atoms with van der Waals surface area (Å²) in [4.78, 5) is 0. The summed E-state index contributed by atoms with van der Waals surface area (Å²) in [5.41, 5.74) is 0. The van der Waals surface area contributed by atoms with E-state index in [9.17, 15) is 0 Å². The van der Waals surface area contributed by atoms with Crippen LogP contribution in [-0.2, 0) is 8.54 Å². The molecule has 2 nitrogen and oxygen atoms in total. The van der Waals surface area contributed by atoms with Crippen LogP contribution in [0.15, 0.2) is 30.3 Å². The summed E-state index contributed by atoms with van der Waals surface area (Å²) < 4.78 is 12.3. The highest BCUT2D eigenvalue weighted by Gasteiger charge is 2.38. The third-order valence-electron chi connectivity index (χ3n) is 2.22. The Hall–Kier alpha value is -0.426. The molecule has 0 spiro atoms. The zero-order valence-electron chi connectivity index (χ0n) is 10.9. The molecule has 16 heavy (non-hydrogen) atoms. The molecule has 0 aliphatic carbocycles. The summed E-state index contributed by atoms with van der Waals surface area (Å²) in [6.45, 7) is 11.5. The van der Waals surface area contributed by atoms with Gasteiger partial charge in [-0.05, 0) is 38.3 Å². The highest BCUT2D eigenvalue weighted by molar-refractivity contribution is 6.89. The molecule has 1 rings (SSSR count). The summed E-state index contributed by atoms with van der Waals surface area (Å²) in [7, 11) is -3.78. The van der Waals surface area contributed by atoms with Crippen molar-refractivity contribution >= 4 is 22.1 Å². The van der Waals surface area contributed by atoms with Crippen molar-refractivity contribution in [3.8, 4) is 0 Å². The molecule has 0 fully saturated rings. The Bertz CT molecular complexity index is 322.